The van der Waals surface area contributed by atoms with Gasteiger partial charge in [0, 0.05) is 0 Å². The van der Waals surface area contributed by atoms with Crippen molar-refractivity contribution in [1.29, 1.82) is 0 Å². The molecule has 1 heteroatoms. The average molecular weight is 264 g/mol. The first-order chi connectivity index (χ1) is 8.91. The predicted octanol–water partition coefficient (Wildman–Crippen LogP) is 5.57. The van der Waals surface area contributed by atoms with Crippen LogP contribution in [-0.4, -0.2) is 11.2 Å². The molecule has 0 rings (SSSR count). The van der Waals surface area contributed by atoms with Gasteiger partial charge in [-0.2, -0.15) is 0 Å². The molecule has 1 N–H and O–H groups in total. The second kappa shape index (κ2) is 11.0. The summed E-state index contributed by atoms with van der Waals surface area (Å²) in [5, 5.41) is 9.19. The second-order valence-electron chi connectivity index (χ2n) is 5.89. The second-order valence-corrected chi connectivity index (χ2v) is 5.89. The van der Waals surface area contributed by atoms with Gasteiger partial charge in [0.05, 0.1) is 6.10 Å². The van der Waals surface area contributed by atoms with E-state index in [2.05, 4.69) is 45.9 Å². The summed E-state index contributed by atoms with van der Waals surface area (Å²) in [4.78, 5) is 0. The van der Waals surface area contributed by atoms with Gasteiger partial charge in [-0.3, -0.25) is 0 Å². The summed E-state index contributed by atoms with van der Waals surface area (Å²) in [5.74, 6) is 0. The molecule has 0 aromatic rings. The van der Waals surface area contributed by atoms with Crippen LogP contribution in [0.2, 0.25) is 0 Å². The average Bonchev–Trinajstić information content (AvgIpc) is 2.27. The molecule has 0 saturated carbocycles. The third kappa shape index (κ3) is 13.4. The lowest BCUT2D eigenvalue weighted by molar-refractivity contribution is 0.186. The van der Waals surface area contributed by atoms with Crippen molar-refractivity contribution < 1.29 is 5.11 Å². The topological polar surface area (TPSA) is 20.2 Å². The van der Waals surface area contributed by atoms with Crippen LogP contribution in [0.1, 0.15) is 73.1 Å². The summed E-state index contributed by atoms with van der Waals surface area (Å²) in [5.41, 5.74) is 4.34. The zero-order valence-corrected chi connectivity index (χ0v) is 13.5. The molecule has 110 valence electrons. The fourth-order valence-electron chi connectivity index (χ4n) is 1.91. The van der Waals surface area contributed by atoms with E-state index in [0.29, 0.717) is 0 Å². The summed E-state index contributed by atoms with van der Waals surface area (Å²) >= 11 is 0. The van der Waals surface area contributed by atoms with Crippen LogP contribution < -0.4 is 0 Å². The van der Waals surface area contributed by atoms with Crippen molar-refractivity contribution >= 4 is 0 Å². The molecule has 0 spiro atoms. The number of aliphatic hydroxyl groups excluding tert-OH is 1. The first-order valence-electron chi connectivity index (χ1n) is 7.54. The molecule has 0 saturated heterocycles. The zero-order chi connectivity index (χ0) is 14.7. The first kappa shape index (κ1) is 18.2. The molecule has 19 heavy (non-hydrogen) atoms. The highest BCUT2D eigenvalue weighted by Crippen LogP contribution is 2.12. The van der Waals surface area contributed by atoms with Crippen molar-refractivity contribution in [1.82, 2.24) is 0 Å². The van der Waals surface area contributed by atoms with Gasteiger partial charge in [-0.25, -0.2) is 0 Å². The summed E-state index contributed by atoms with van der Waals surface area (Å²) in [6.45, 7) is 10.6. The Morgan fingerprint density at radius 2 is 1.32 bits per heavy atom. The van der Waals surface area contributed by atoms with E-state index in [4.69, 9.17) is 0 Å². The summed E-state index contributed by atoms with van der Waals surface area (Å²) in [7, 11) is 0. The smallest absolute Gasteiger partial charge is 0.0515 e. The Morgan fingerprint density at radius 3 is 1.79 bits per heavy atom. The van der Waals surface area contributed by atoms with E-state index in [1.54, 1.807) is 0 Å². The number of hydrogen-bond donors (Lipinski definition) is 1. The lowest BCUT2D eigenvalue weighted by Gasteiger charge is -2.03. The SMILES string of the molecule is CC(C)=CCC/C(C)=C\CC/C(C)=C\CCC(C)O. The molecule has 1 atom stereocenters. The van der Waals surface area contributed by atoms with Gasteiger partial charge in [0.15, 0.2) is 0 Å². The number of rotatable bonds is 9. The largest absolute Gasteiger partial charge is 0.393 e. The molecular weight excluding hydrogens is 232 g/mol. The van der Waals surface area contributed by atoms with Gasteiger partial charge < -0.3 is 5.11 Å². The highest BCUT2D eigenvalue weighted by Gasteiger charge is 1.94. The lowest BCUT2D eigenvalue weighted by Crippen LogP contribution is -1.97. The summed E-state index contributed by atoms with van der Waals surface area (Å²) in [6, 6.07) is 0. The molecule has 0 amide bonds. The van der Waals surface area contributed by atoms with Crippen molar-refractivity contribution in [3.8, 4) is 0 Å². The standard InChI is InChI=1S/C18H32O/c1-15(2)9-6-10-16(3)11-7-12-17(4)13-8-14-18(5)19/h9,11,13,18-19H,6-8,10,12,14H2,1-5H3/b16-11-,17-13-. The molecular formula is C18H32O. The van der Waals surface area contributed by atoms with Crippen molar-refractivity contribution in [3.63, 3.8) is 0 Å². The maximum atomic E-state index is 9.19. The molecule has 1 nitrogen and oxygen atoms in total. The number of allylic oxidation sites excluding steroid dienone is 6. The minimum atomic E-state index is -0.179. The van der Waals surface area contributed by atoms with Crippen LogP contribution in [0.4, 0.5) is 0 Å². The Bertz CT molecular complexity index is 315. The lowest BCUT2D eigenvalue weighted by atomic mass is 10.1. The van der Waals surface area contributed by atoms with Crippen LogP contribution >= 0.6 is 0 Å². The number of aliphatic hydroxyl groups is 1. The fourth-order valence-corrected chi connectivity index (χ4v) is 1.91. The van der Waals surface area contributed by atoms with Gasteiger partial charge in [0.1, 0.15) is 0 Å². The van der Waals surface area contributed by atoms with E-state index in [-0.39, 0.29) is 6.10 Å². The van der Waals surface area contributed by atoms with E-state index in [0.717, 1.165) is 32.1 Å². The Labute approximate surface area is 120 Å². The van der Waals surface area contributed by atoms with E-state index in [9.17, 15) is 5.11 Å². The van der Waals surface area contributed by atoms with Crippen LogP contribution in [0.25, 0.3) is 0 Å². The molecule has 0 bridgehead atoms. The van der Waals surface area contributed by atoms with Crippen LogP contribution in [0.3, 0.4) is 0 Å². The van der Waals surface area contributed by atoms with Gasteiger partial charge in [-0.15, -0.1) is 0 Å². The van der Waals surface area contributed by atoms with Crippen molar-refractivity contribution in [2.45, 2.75) is 79.2 Å². The maximum absolute atomic E-state index is 9.19. The van der Waals surface area contributed by atoms with Gasteiger partial charge in [0.25, 0.3) is 0 Å². The monoisotopic (exact) mass is 264 g/mol. The van der Waals surface area contributed by atoms with E-state index >= 15 is 0 Å². The molecule has 0 aliphatic carbocycles. The highest BCUT2D eigenvalue weighted by molar-refractivity contribution is 5.05. The Hall–Kier alpha value is -0.820. The molecule has 0 aromatic heterocycles. The van der Waals surface area contributed by atoms with Gasteiger partial charge in [-0.1, -0.05) is 34.9 Å². The Morgan fingerprint density at radius 1 is 0.842 bits per heavy atom. The molecule has 0 fully saturated rings. The third-order valence-corrected chi connectivity index (χ3v) is 3.20. The minimum Gasteiger partial charge on any atom is -0.393 e. The molecule has 0 aromatic carbocycles. The van der Waals surface area contributed by atoms with Gasteiger partial charge >= 0.3 is 0 Å². The maximum Gasteiger partial charge on any atom is 0.0515 e. The Kier molecular flexibility index (Phi) is 10.6. The van der Waals surface area contributed by atoms with Crippen LogP contribution in [0, 0.1) is 0 Å². The normalized spacial score (nSPS) is 14.4. The quantitative estimate of drug-likeness (QED) is 0.540. The molecule has 0 heterocycles. The van der Waals surface area contributed by atoms with Crippen molar-refractivity contribution in [2.24, 2.45) is 0 Å². The van der Waals surface area contributed by atoms with E-state index in [1.165, 1.54) is 23.1 Å². The predicted molar refractivity (Wildman–Crippen MR) is 86.3 cm³/mol. The molecule has 0 radical (unpaired) electrons. The summed E-state index contributed by atoms with van der Waals surface area (Å²) < 4.78 is 0. The van der Waals surface area contributed by atoms with E-state index < -0.39 is 0 Å². The van der Waals surface area contributed by atoms with Gasteiger partial charge in [0.2, 0.25) is 0 Å². The van der Waals surface area contributed by atoms with Crippen LogP contribution in [-0.2, 0) is 0 Å². The van der Waals surface area contributed by atoms with Crippen molar-refractivity contribution in [2.75, 3.05) is 0 Å². The summed E-state index contributed by atoms with van der Waals surface area (Å²) in [6.07, 6.45) is 13.2. The third-order valence-electron chi connectivity index (χ3n) is 3.20. The molecule has 0 aliphatic heterocycles. The first-order valence-corrected chi connectivity index (χ1v) is 7.54. The van der Waals surface area contributed by atoms with Crippen LogP contribution in [0.5, 0.6) is 0 Å². The fraction of sp³-hybridized carbons (Fsp3) is 0.667. The molecule has 1 unspecified atom stereocenters. The molecule has 0 aliphatic rings. The zero-order valence-electron chi connectivity index (χ0n) is 13.5. The Balaban J connectivity index is 3.83. The minimum absolute atomic E-state index is 0.179. The number of hydrogen-bond acceptors (Lipinski definition) is 1. The van der Waals surface area contributed by atoms with Gasteiger partial charge in [-0.05, 0) is 73.1 Å². The van der Waals surface area contributed by atoms with Crippen LogP contribution in [0.15, 0.2) is 34.9 Å². The van der Waals surface area contributed by atoms with E-state index in [1.807, 2.05) is 6.92 Å². The van der Waals surface area contributed by atoms with Crippen molar-refractivity contribution in [3.05, 3.63) is 34.9 Å². The highest BCUT2D eigenvalue weighted by atomic mass is 16.3.